The number of aromatic nitrogens is 1. The van der Waals surface area contributed by atoms with Gasteiger partial charge in [-0.15, -0.1) is 0 Å². The lowest BCUT2D eigenvalue weighted by atomic mass is 10.1. The monoisotopic (exact) mass is 216 g/mol. The summed E-state index contributed by atoms with van der Waals surface area (Å²) in [7, 11) is 2.06. The molecule has 1 N–H and O–H groups in total. The van der Waals surface area contributed by atoms with Gasteiger partial charge in [-0.1, -0.05) is 6.07 Å². The Bertz CT molecular complexity index is 540. The van der Waals surface area contributed by atoms with Crippen LogP contribution in [0.4, 0.5) is 0 Å². The van der Waals surface area contributed by atoms with Crippen LogP contribution in [0.2, 0.25) is 0 Å². The molecule has 0 saturated carbocycles. The fraction of sp³-hybridized carbons (Fsp3) is 0.308. The number of hydrogen-bond donors (Lipinski definition) is 1. The maximum atomic E-state index is 10.8. The first-order valence-corrected chi connectivity index (χ1v) is 5.37. The number of benzene rings is 1. The molecule has 16 heavy (non-hydrogen) atoms. The lowest BCUT2D eigenvalue weighted by Crippen LogP contribution is -2.18. The van der Waals surface area contributed by atoms with E-state index < -0.39 is 0 Å². The summed E-state index contributed by atoms with van der Waals surface area (Å²) in [5.74, 6) is 0.00402. The Morgan fingerprint density at radius 1 is 1.38 bits per heavy atom. The number of aryl methyl sites for hydroxylation is 2. The van der Waals surface area contributed by atoms with Crippen LogP contribution in [-0.4, -0.2) is 10.5 Å². The third-order valence-electron chi connectivity index (χ3n) is 2.89. The van der Waals surface area contributed by atoms with Gasteiger partial charge in [0.15, 0.2) is 0 Å². The minimum Gasteiger partial charge on any atom is -0.352 e. The summed E-state index contributed by atoms with van der Waals surface area (Å²) in [6.07, 6.45) is 0. The van der Waals surface area contributed by atoms with Gasteiger partial charge >= 0.3 is 0 Å². The van der Waals surface area contributed by atoms with E-state index in [4.69, 9.17) is 0 Å². The van der Waals surface area contributed by atoms with Crippen LogP contribution in [0.1, 0.15) is 18.2 Å². The highest BCUT2D eigenvalue weighted by Gasteiger charge is 2.03. The van der Waals surface area contributed by atoms with Gasteiger partial charge in [0.05, 0.1) is 0 Å². The molecule has 0 atom stereocenters. The van der Waals surface area contributed by atoms with Crippen LogP contribution in [0.5, 0.6) is 0 Å². The fourth-order valence-corrected chi connectivity index (χ4v) is 1.87. The first-order chi connectivity index (χ1) is 7.58. The number of nitrogens with one attached hydrogen (secondary N) is 1. The van der Waals surface area contributed by atoms with E-state index in [2.05, 4.69) is 48.1 Å². The number of carbonyl (C=O) groups is 1. The number of nitrogens with zero attached hydrogens (tertiary/aromatic N) is 1. The summed E-state index contributed by atoms with van der Waals surface area (Å²) in [5.41, 5.74) is 3.60. The van der Waals surface area contributed by atoms with Gasteiger partial charge in [0.1, 0.15) is 0 Å². The summed E-state index contributed by atoms with van der Waals surface area (Å²) in [6.45, 7) is 4.22. The zero-order valence-electron chi connectivity index (χ0n) is 9.87. The lowest BCUT2D eigenvalue weighted by molar-refractivity contribution is -0.119. The van der Waals surface area contributed by atoms with Crippen molar-refractivity contribution in [3.63, 3.8) is 0 Å². The molecule has 1 amide bonds. The topological polar surface area (TPSA) is 34.0 Å². The molecule has 0 fully saturated rings. The standard InChI is InChI=1S/C13H16N2O/c1-9-6-12-7-11(8-14-10(2)16)4-5-13(12)15(9)3/h4-7H,8H2,1-3H3,(H,14,16). The highest BCUT2D eigenvalue weighted by molar-refractivity contribution is 5.82. The average Bonchev–Trinajstić information content (AvgIpc) is 2.52. The van der Waals surface area contributed by atoms with Gasteiger partial charge in [0.25, 0.3) is 0 Å². The SMILES string of the molecule is CC(=O)NCc1ccc2c(c1)cc(C)n2C. The zero-order valence-corrected chi connectivity index (χ0v) is 9.87. The molecule has 0 aliphatic carbocycles. The van der Waals surface area contributed by atoms with Crippen LogP contribution < -0.4 is 5.32 Å². The first-order valence-electron chi connectivity index (χ1n) is 5.37. The predicted octanol–water partition coefficient (Wildman–Crippen LogP) is 2.12. The Morgan fingerprint density at radius 2 is 2.12 bits per heavy atom. The molecule has 2 rings (SSSR count). The normalized spacial score (nSPS) is 10.7. The molecule has 3 heteroatoms. The number of rotatable bonds is 2. The van der Waals surface area contributed by atoms with E-state index in [1.165, 1.54) is 23.5 Å². The Hall–Kier alpha value is -1.77. The van der Waals surface area contributed by atoms with Gasteiger partial charge in [-0.25, -0.2) is 0 Å². The average molecular weight is 216 g/mol. The van der Waals surface area contributed by atoms with E-state index >= 15 is 0 Å². The van der Waals surface area contributed by atoms with Crippen molar-refractivity contribution in [2.45, 2.75) is 20.4 Å². The summed E-state index contributed by atoms with van der Waals surface area (Å²) in [6, 6.07) is 8.43. The van der Waals surface area contributed by atoms with Gasteiger partial charge in [-0.2, -0.15) is 0 Å². The lowest BCUT2D eigenvalue weighted by Gasteiger charge is -2.03. The van der Waals surface area contributed by atoms with Gasteiger partial charge in [0.2, 0.25) is 5.91 Å². The minimum absolute atomic E-state index is 0.00402. The second-order valence-electron chi connectivity index (χ2n) is 4.15. The fourth-order valence-electron chi connectivity index (χ4n) is 1.87. The molecule has 0 unspecified atom stereocenters. The maximum Gasteiger partial charge on any atom is 0.217 e. The molecule has 1 aromatic carbocycles. The van der Waals surface area contributed by atoms with Crippen molar-refractivity contribution in [1.82, 2.24) is 9.88 Å². The van der Waals surface area contributed by atoms with Crippen molar-refractivity contribution in [1.29, 1.82) is 0 Å². The van der Waals surface area contributed by atoms with Gasteiger partial charge in [-0.05, 0) is 30.7 Å². The summed E-state index contributed by atoms with van der Waals surface area (Å²) in [5, 5.41) is 4.03. The van der Waals surface area contributed by atoms with Crippen LogP contribution in [0.25, 0.3) is 10.9 Å². The molecule has 1 heterocycles. The highest BCUT2D eigenvalue weighted by atomic mass is 16.1. The van der Waals surface area contributed by atoms with Crippen molar-refractivity contribution < 1.29 is 4.79 Å². The number of amides is 1. The van der Waals surface area contributed by atoms with Crippen molar-refractivity contribution in [3.05, 3.63) is 35.5 Å². The zero-order chi connectivity index (χ0) is 11.7. The van der Waals surface area contributed by atoms with E-state index in [1.807, 2.05) is 0 Å². The van der Waals surface area contributed by atoms with E-state index in [0.717, 1.165) is 5.56 Å². The molecule has 0 spiro atoms. The van der Waals surface area contributed by atoms with Crippen LogP contribution >= 0.6 is 0 Å². The largest absolute Gasteiger partial charge is 0.352 e. The third-order valence-corrected chi connectivity index (χ3v) is 2.89. The quantitative estimate of drug-likeness (QED) is 0.819. The van der Waals surface area contributed by atoms with Gasteiger partial charge in [-0.3, -0.25) is 4.79 Å². The highest BCUT2D eigenvalue weighted by Crippen LogP contribution is 2.19. The van der Waals surface area contributed by atoms with E-state index in [1.54, 1.807) is 0 Å². The second-order valence-corrected chi connectivity index (χ2v) is 4.15. The second kappa shape index (κ2) is 4.00. The molecular weight excluding hydrogens is 200 g/mol. The Morgan fingerprint density at radius 3 is 2.81 bits per heavy atom. The maximum absolute atomic E-state index is 10.8. The first kappa shape index (κ1) is 10.7. The Kier molecular flexibility index (Phi) is 2.69. The van der Waals surface area contributed by atoms with Crippen molar-refractivity contribution in [2.75, 3.05) is 0 Å². The number of fused-ring (bicyclic) bond motifs is 1. The van der Waals surface area contributed by atoms with Crippen molar-refractivity contribution >= 4 is 16.8 Å². The molecule has 0 saturated heterocycles. The molecular formula is C13H16N2O. The van der Waals surface area contributed by atoms with Crippen LogP contribution in [-0.2, 0) is 18.4 Å². The van der Waals surface area contributed by atoms with E-state index in [-0.39, 0.29) is 5.91 Å². The number of carbonyl (C=O) groups excluding carboxylic acids is 1. The Labute approximate surface area is 95.1 Å². The molecule has 2 aromatic rings. The van der Waals surface area contributed by atoms with Gasteiger partial charge in [0, 0.05) is 37.1 Å². The van der Waals surface area contributed by atoms with E-state index in [0.29, 0.717) is 6.54 Å². The summed E-state index contributed by atoms with van der Waals surface area (Å²) < 4.78 is 2.16. The summed E-state index contributed by atoms with van der Waals surface area (Å²) >= 11 is 0. The third kappa shape index (κ3) is 1.94. The molecule has 0 aliphatic heterocycles. The molecule has 1 aromatic heterocycles. The molecule has 84 valence electrons. The number of hydrogen-bond acceptors (Lipinski definition) is 1. The predicted molar refractivity (Wildman–Crippen MR) is 65.2 cm³/mol. The molecule has 3 nitrogen and oxygen atoms in total. The van der Waals surface area contributed by atoms with E-state index in [9.17, 15) is 4.79 Å². The molecule has 0 aliphatic rings. The summed E-state index contributed by atoms with van der Waals surface area (Å²) in [4.78, 5) is 10.8. The minimum atomic E-state index is 0.00402. The van der Waals surface area contributed by atoms with Crippen LogP contribution in [0, 0.1) is 6.92 Å². The van der Waals surface area contributed by atoms with Gasteiger partial charge < -0.3 is 9.88 Å². The van der Waals surface area contributed by atoms with Crippen molar-refractivity contribution in [2.24, 2.45) is 7.05 Å². The molecule has 0 radical (unpaired) electrons. The van der Waals surface area contributed by atoms with Crippen LogP contribution in [0.15, 0.2) is 24.3 Å². The van der Waals surface area contributed by atoms with Crippen LogP contribution in [0.3, 0.4) is 0 Å². The smallest absolute Gasteiger partial charge is 0.217 e. The van der Waals surface area contributed by atoms with Crippen molar-refractivity contribution in [3.8, 4) is 0 Å². The molecule has 0 bridgehead atoms. The Balaban J connectivity index is 2.33.